The van der Waals surface area contributed by atoms with Gasteiger partial charge in [0.2, 0.25) is 5.91 Å². The second-order valence-corrected chi connectivity index (χ2v) is 8.66. The fraction of sp³-hybridized carbons (Fsp3) is 0.542. The van der Waals surface area contributed by atoms with Gasteiger partial charge in [0, 0.05) is 32.7 Å². The van der Waals surface area contributed by atoms with Crippen LogP contribution in [0.5, 0.6) is 5.75 Å². The average Bonchev–Trinajstić information content (AvgIpc) is 2.84. The average molecular weight is 440 g/mol. The minimum atomic E-state index is -0.0481. The number of anilines is 2. The van der Waals surface area contributed by atoms with Crippen LogP contribution >= 0.6 is 0 Å². The Morgan fingerprint density at radius 2 is 1.75 bits per heavy atom. The van der Waals surface area contributed by atoms with Crippen molar-refractivity contribution in [3.63, 3.8) is 0 Å². The Morgan fingerprint density at radius 1 is 1.06 bits per heavy atom. The maximum absolute atomic E-state index is 12.8. The molecule has 2 aromatic rings. The van der Waals surface area contributed by atoms with Gasteiger partial charge in [0.25, 0.3) is 0 Å². The number of carbonyl (C=O) groups is 1. The zero-order chi connectivity index (χ0) is 22.3. The van der Waals surface area contributed by atoms with Crippen LogP contribution in [0.1, 0.15) is 32.3 Å². The summed E-state index contributed by atoms with van der Waals surface area (Å²) in [7, 11) is 0. The van der Waals surface area contributed by atoms with Crippen molar-refractivity contribution >= 4 is 17.5 Å². The molecule has 2 aliphatic heterocycles. The van der Waals surface area contributed by atoms with Crippen LogP contribution in [0.15, 0.2) is 36.4 Å². The number of nitrogens with one attached hydrogen (secondary N) is 1. The highest BCUT2D eigenvalue weighted by Gasteiger charge is 2.27. The molecular formula is C24H33N5O3. The molecule has 0 bridgehead atoms. The predicted molar refractivity (Wildman–Crippen MR) is 124 cm³/mol. The quantitative estimate of drug-likeness (QED) is 0.710. The summed E-state index contributed by atoms with van der Waals surface area (Å²) >= 11 is 0. The van der Waals surface area contributed by atoms with Crippen molar-refractivity contribution in [1.29, 1.82) is 0 Å². The molecule has 1 aromatic heterocycles. The molecule has 8 nitrogen and oxygen atoms in total. The molecule has 4 rings (SSSR count). The van der Waals surface area contributed by atoms with E-state index < -0.39 is 0 Å². The molecule has 1 atom stereocenters. The first-order valence-corrected chi connectivity index (χ1v) is 11.5. The Balaban J connectivity index is 1.29. The van der Waals surface area contributed by atoms with Crippen LogP contribution in [-0.2, 0) is 16.1 Å². The highest BCUT2D eigenvalue weighted by Crippen LogP contribution is 2.23. The lowest BCUT2D eigenvalue weighted by Crippen LogP contribution is -2.43. The molecule has 2 saturated heterocycles. The monoisotopic (exact) mass is 439 g/mol. The van der Waals surface area contributed by atoms with Gasteiger partial charge in [0.15, 0.2) is 11.6 Å². The largest absolute Gasteiger partial charge is 0.491 e. The number of aromatic nitrogens is 2. The molecule has 1 amide bonds. The van der Waals surface area contributed by atoms with Crippen molar-refractivity contribution in [3.05, 3.63) is 42.0 Å². The molecule has 32 heavy (non-hydrogen) atoms. The summed E-state index contributed by atoms with van der Waals surface area (Å²) in [5, 5.41) is 12.0. The molecule has 0 spiro atoms. The van der Waals surface area contributed by atoms with E-state index in [1.54, 1.807) is 0 Å². The summed E-state index contributed by atoms with van der Waals surface area (Å²) in [6.45, 7) is 9.22. The Bertz CT molecular complexity index is 866. The molecule has 8 heteroatoms. The van der Waals surface area contributed by atoms with Crippen LogP contribution in [0.25, 0.3) is 0 Å². The van der Waals surface area contributed by atoms with Crippen molar-refractivity contribution in [2.75, 3.05) is 49.2 Å². The van der Waals surface area contributed by atoms with Crippen molar-refractivity contribution in [2.24, 2.45) is 5.92 Å². The van der Waals surface area contributed by atoms with E-state index >= 15 is 0 Å². The third-order valence-corrected chi connectivity index (χ3v) is 5.85. The molecule has 2 aliphatic rings. The lowest BCUT2D eigenvalue weighted by molar-refractivity contribution is -0.125. The Morgan fingerprint density at radius 3 is 2.41 bits per heavy atom. The van der Waals surface area contributed by atoms with Gasteiger partial charge in [-0.05, 0) is 56.5 Å². The zero-order valence-corrected chi connectivity index (χ0v) is 19.0. The molecule has 0 aliphatic carbocycles. The number of benzene rings is 1. The van der Waals surface area contributed by atoms with Crippen molar-refractivity contribution in [1.82, 2.24) is 15.5 Å². The second-order valence-electron chi connectivity index (χ2n) is 8.66. The number of rotatable bonds is 7. The van der Waals surface area contributed by atoms with Gasteiger partial charge in [-0.3, -0.25) is 4.79 Å². The first-order chi connectivity index (χ1) is 15.6. The van der Waals surface area contributed by atoms with E-state index in [1.807, 2.05) is 50.2 Å². The first kappa shape index (κ1) is 22.3. The molecule has 2 fully saturated rings. The summed E-state index contributed by atoms with van der Waals surface area (Å²) in [6, 6.07) is 11.9. The van der Waals surface area contributed by atoms with Crippen LogP contribution < -0.4 is 19.9 Å². The SMILES string of the molecule is CC(C)Oc1ccc(CNC(=O)[C@H]2CCCN(c3ccc(N4CCOCC4)nn3)C2)cc1. The summed E-state index contributed by atoms with van der Waals surface area (Å²) in [6.07, 6.45) is 2.00. The van der Waals surface area contributed by atoms with Gasteiger partial charge in [0.1, 0.15) is 5.75 Å². The van der Waals surface area contributed by atoms with Gasteiger partial charge in [-0.25, -0.2) is 0 Å². The van der Waals surface area contributed by atoms with E-state index in [0.717, 1.165) is 68.6 Å². The fourth-order valence-electron chi connectivity index (χ4n) is 4.14. The third kappa shape index (κ3) is 5.88. The van der Waals surface area contributed by atoms with Gasteiger partial charge in [-0.1, -0.05) is 12.1 Å². The molecule has 3 heterocycles. The number of amides is 1. The van der Waals surface area contributed by atoms with Gasteiger partial charge in [-0.15, -0.1) is 10.2 Å². The van der Waals surface area contributed by atoms with Gasteiger partial charge in [-0.2, -0.15) is 0 Å². The number of hydrogen-bond donors (Lipinski definition) is 1. The lowest BCUT2D eigenvalue weighted by Gasteiger charge is -2.33. The van der Waals surface area contributed by atoms with Crippen LogP contribution in [0, 0.1) is 5.92 Å². The van der Waals surface area contributed by atoms with E-state index in [1.165, 1.54) is 0 Å². The van der Waals surface area contributed by atoms with Gasteiger partial charge in [0.05, 0.1) is 25.2 Å². The van der Waals surface area contributed by atoms with Crippen molar-refractivity contribution in [3.8, 4) is 5.75 Å². The summed E-state index contributed by atoms with van der Waals surface area (Å²) in [4.78, 5) is 17.2. The number of ether oxygens (including phenoxy) is 2. The summed E-state index contributed by atoms with van der Waals surface area (Å²) in [5.41, 5.74) is 1.06. The topological polar surface area (TPSA) is 79.8 Å². The predicted octanol–water partition coefficient (Wildman–Crippen LogP) is 2.63. The lowest BCUT2D eigenvalue weighted by atomic mass is 9.97. The van der Waals surface area contributed by atoms with Crippen LogP contribution in [-0.4, -0.2) is 61.6 Å². The third-order valence-electron chi connectivity index (χ3n) is 5.85. The van der Waals surface area contributed by atoms with E-state index in [9.17, 15) is 4.79 Å². The van der Waals surface area contributed by atoms with E-state index in [4.69, 9.17) is 9.47 Å². The molecule has 0 unspecified atom stereocenters. The first-order valence-electron chi connectivity index (χ1n) is 11.5. The van der Waals surface area contributed by atoms with Gasteiger partial charge >= 0.3 is 0 Å². The number of nitrogens with zero attached hydrogens (tertiary/aromatic N) is 4. The maximum atomic E-state index is 12.8. The molecule has 0 saturated carbocycles. The van der Waals surface area contributed by atoms with E-state index in [-0.39, 0.29) is 17.9 Å². The highest BCUT2D eigenvalue weighted by molar-refractivity contribution is 5.79. The van der Waals surface area contributed by atoms with Crippen LogP contribution in [0.3, 0.4) is 0 Å². The van der Waals surface area contributed by atoms with Crippen LogP contribution in [0.2, 0.25) is 0 Å². The molecule has 172 valence electrons. The highest BCUT2D eigenvalue weighted by atomic mass is 16.5. The maximum Gasteiger partial charge on any atom is 0.225 e. The summed E-state index contributed by atoms with van der Waals surface area (Å²) < 4.78 is 11.1. The van der Waals surface area contributed by atoms with Crippen LogP contribution in [0.4, 0.5) is 11.6 Å². The fourth-order valence-corrected chi connectivity index (χ4v) is 4.14. The minimum Gasteiger partial charge on any atom is -0.491 e. The molecule has 1 aromatic carbocycles. The van der Waals surface area contributed by atoms with E-state index in [0.29, 0.717) is 13.1 Å². The zero-order valence-electron chi connectivity index (χ0n) is 19.0. The number of piperidine rings is 1. The minimum absolute atomic E-state index is 0.0481. The Hall–Kier alpha value is -2.87. The number of hydrogen-bond acceptors (Lipinski definition) is 7. The Kier molecular flexibility index (Phi) is 7.42. The van der Waals surface area contributed by atoms with Gasteiger partial charge < -0.3 is 24.6 Å². The smallest absolute Gasteiger partial charge is 0.225 e. The molecule has 1 N–H and O–H groups in total. The Labute approximate surface area is 189 Å². The normalized spacial score (nSPS) is 19.2. The molecular weight excluding hydrogens is 406 g/mol. The van der Waals surface area contributed by atoms with Crippen molar-refractivity contribution < 1.29 is 14.3 Å². The second kappa shape index (κ2) is 10.6. The van der Waals surface area contributed by atoms with Crippen molar-refractivity contribution in [2.45, 2.75) is 39.3 Å². The standard InChI is InChI=1S/C24H33N5O3/c1-18(2)32-21-7-5-19(6-8-21)16-25-24(30)20-4-3-11-29(17-20)23-10-9-22(26-27-23)28-12-14-31-15-13-28/h5-10,18,20H,3-4,11-17H2,1-2H3,(H,25,30)/t20-/m0/s1. The number of morpholine rings is 1. The summed E-state index contributed by atoms with van der Waals surface area (Å²) in [5.74, 6) is 2.61. The molecule has 0 radical (unpaired) electrons. The number of carbonyl (C=O) groups excluding carboxylic acids is 1. The van der Waals surface area contributed by atoms with E-state index in [2.05, 4.69) is 25.3 Å².